The quantitative estimate of drug-likeness (QED) is 0.897. The summed E-state index contributed by atoms with van der Waals surface area (Å²) in [6.45, 7) is 3.06. The van der Waals surface area contributed by atoms with Crippen LogP contribution in [0.25, 0.3) is 5.65 Å². The molecule has 2 N–H and O–H groups in total. The summed E-state index contributed by atoms with van der Waals surface area (Å²) < 4.78 is 2.17. The number of nitrogens with two attached hydrogens (primary N) is 1. The van der Waals surface area contributed by atoms with Crippen molar-refractivity contribution in [3.05, 3.63) is 30.6 Å². The average Bonchev–Trinajstić information content (AvgIpc) is 2.87. The zero-order chi connectivity index (χ0) is 12.4. The van der Waals surface area contributed by atoms with E-state index < -0.39 is 0 Å². The molecule has 18 heavy (non-hydrogen) atoms. The van der Waals surface area contributed by atoms with Gasteiger partial charge in [0.05, 0.1) is 0 Å². The van der Waals surface area contributed by atoms with Gasteiger partial charge in [-0.25, -0.2) is 4.98 Å². The standard InChI is InChI=1S/C14H20N4/c15-7-6-12-3-2-9-17(11-12)14-5-1-4-13-16-8-10-18(13)14/h1,4-5,8,10,12H,2-3,6-7,9,11,15H2. The highest BCUT2D eigenvalue weighted by Gasteiger charge is 2.20. The molecule has 2 aromatic heterocycles. The van der Waals surface area contributed by atoms with Crippen LogP contribution < -0.4 is 10.6 Å². The third-order valence-electron chi connectivity index (χ3n) is 3.82. The van der Waals surface area contributed by atoms with E-state index in [0.717, 1.165) is 37.6 Å². The van der Waals surface area contributed by atoms with Crippen LogP contribution >= 0.6 is 0 Å². The normalized spacial score (nSPS) is 20.5. The zero-order valence-electron chi connectivity index (χ0n) is 10.6. The Labute approximate surface area is 107 Å². The summed E-state index contributed by atoms with van der Waals surface area (Å²) in [5.41, 5.74) is 6.71. The fourth-order valence-electron chi connectivity index (χ4n) is 2.93. The summed E-state index contributed by atoms with van der Waals surface area (Å²) in [4.78, 5) is 6.82. The van der Waals surface area contributed by atoms with Gasteiger partial charge in [-0.05, 0) is 43.9 Å². The third kappa shape index (κ3) is 2.08. The van der Waals surface area contributed by atoms with Crippen molar-refractivity contribution < 1.29 is 0 Å². The number of piperidine rings is 1. The number of fused-ring (bicyclic) bond motifs is 1. The van der Waals surface area contributed by atoms with Gasteiger partial charge in [-0.2, -0.15) is 0 Å². The first-order valence-electron chi connectivity index (χ1n) is 6.75. The molecule has 4 nitrogen and oxygen atoms in total. The van der Waals surface area contributed by atoms with Crippen LogP contribution in [0, 0.1) is 5.92 Å². The number of aromatic nitrogens is 2. The van der Waals surface area contributed by atoms with E-state index in [2.05, 4.69) is 26.4 Å². The van der Waals surface area contributed by atoms with E-state index in [0.29, 0.717) is 0 Å². The van der Waals surface area contributed by atoms with Crippen LogP contribution in [0.2, 0.25) is 0 Å². The minimum absolute atomic E-state index is 0.738. The van der Waals surface area contributed by atoms with Crippen LogP contribution in [-0.4, -0.2) is 29.0 Å². The highest BCUT2D eigenvalue weighted by Crippen LogP contribution is 2.25. The van der Waals surface area contributed by atoms with Crippen molar-refractivity contribution in [1.82, 2.24) is 9.38 Å². The summed E-state index contributed by atoms with van der Waals surface area (Å²) in [5, 5.41) is 0. The van der Waals surface area contributed by atoms with E-state index in [1.165, 1.54) is 18.7 Å². The second-order valence-electron chi connectivity index (χ2n) is 5.07. The molecule has 1 fully saturated rings. The van der Waals surface area contributed by atoms with Crippen molar-refractivity contribution in [2.45, 2.75) is 19.3 Å². The Hall–Kier alpha value is -1.55. The van der Waals surface area contributed by atoms with Gasteiger partial charge in [-0.15, -0.1) is 0 Å². The van der Waals surface area contributed by atoms with Crippen LogP contribution in [0.4, 0.5) is 5.82 Å². The lowest BCUT2D eigenvalue weighted by Gasteiger charge is -2.34. The van der Waals surface area contributed by atoms with Gasteiger partial charge in [0, 0.05) is 25.5 Å². The summed E-state index contributed by atoms with van der Waals surface area (Å²) in [6, 6.07) is 6.31. The molecule has 1 aliphatic heterocycles. The molecular formula is C14H20N4. The van der Waals surface area contributed by atoms with E-state index >= 15 is 0 Å². The summed E-state index contributed by atoms with van der Waals surface area (Å²) in [5.74, 6) is 1.99. The van der Waals surface area contributed by atoms with Crippen LogP contribution in [0.5, 0.6) is 0 Å². The molecule has 1 atom stereocenters. The Bertz CT molecular complexity index is 517. The van der Waals surface area contributed by atoms with E-state index in [9.17, 15) is 0 Å². The highest BCUT2D eigenvalue weighted by molar-refractivity contribution is 5.51. The number of hydrogen-bond donors (Lipinski definition) is 1. The van der Waals surface area contributed by atoms with Crippen LogP contribution in [-0.2, 0) is 0 Å². The Morgan fingerprint density at radius 3 is 3.22 bits per heavy atom. The third-order valence-corrected chi connectivity index (χ3v) is 3.82. The Balaban J connectivity index is 1.87. The molecule has 1 unspecified atom stereocenters. The molecule has 0 radical (unpaired) electrons. The topological polar surface area (TPSA) is 46.6 Å². The Morgan fingerprint density at radius 1 is 1.39 bits per heavy atom. The van der Waals surface area contributed by atoms with Crippen molar-refractivity contribution in [3.63, 3.8) is 0 Å². The van der Waals surface area contributed by atoms with Gasteiger partial charge in [0.15, 0.2) is 0 Å². The molecular weight excluding hydrogens is 224 g/mol. The predicted molar refractivity (Wildman–Crippen MR) is 73.8 cm³/mol. The Morgan fingerprint density at radius 2 is 2.33 bits per heavy atom. The van der Waals surface area contributed by atoms with Gasteiger partial charge in [0.2, 0.25) is 0 Å². The summed E-state index contributed by atoms with van der Waals surface area (Å²) in [6.07, 6.45) is 7.61. The lowest BCUT2D eigenvalue weighted by molar-refractivity contribution is 0.394. The lowest BCUT2D eigenvalue weighted by Crippen LogP contribution is -2.37. The second-order valence-corrected chi connectivity index (χ2v) is 5.07. The van der Waals surface area contributed by atoms with Gasteiger partial charge in [-0.1, -0.05) is 6.07 Å². The number of hydrogen-bond acceptors (Lipinski definition) is 3. The highest BCUT2D eigenvalue weighted by atomic mass is 15.2. The first-order valence-corrected chi connectivity index (χ1v) is 6.75. The van der Waals surface area contributed by atoms with Gasteiger partial charge < -0.3 is 10.6 Å². The molecule has 1 saturated heterocycles. The number of imidazole rings is 1. The van der Waals surface area contributed by atoms with E-state index in [1.807, 2.05) is 18.5 Å². The van der Waals surface area contributed by atoms with E-state index in [1.54, 1.807) is 0 Å². The molecule has 1 aliphatic rings. The summed E-state index contributed by atoms with van der Waals surface area (Å²) in [7, 11) is 0. The first-order chi connectivity index (χ1) is 8.88. The van der Waals surface area contributed by atoms with E-state index in [-0.39, 0.29) is 0 Å². The molecule has 3 rings (SSSR count). The maximum atomic E-state index is 5.68. The summed E-state index contributed by atoms with van der Waals surface area (Å²) >= 11 is 0. The minimum Gasteiger partial charge on any atom is -0.357 e. The van der Waals surface area contributed by atoms with Crippen molar-refractivity contribution in [2.24, 2.45) is 11.7 Å². The van der Waals surface area contributed by atoms with Gasteiger partial charge in [0.25, 0.3) is 0 Å². The fourth-order valence-corrected chi connectivity index (χ4v) is 2.93. The minimum atomic E-state index is 0.738. The molecule has 0 aliphatic carbocycles. The molecule has 96 valence electrons. The smallest absolute Gasteiger partial charge is 0.138 e. The van der Waals surface area contributed by atoms with Crippen LogP contribution in [0.15, 0.2) is 30.6 Å². The van der Waals surface area contributed by atoms with E-state index in [4.69, 9.17) is 5.73 Å². The number of anilines is 1. The molecule has 0 saturated carbocycles. The maximum absolute atomic E-state index is 5.68. The maximum Gasteiger partial charge on any atom is 0.138 e. The number of pyridine rings is 1. The Kier molecular flexibility index (Phi) is 3.19. The molecule has 0 amide bonds. The molecule has 2 aromatic rings. The molecule has 4 heteroatoms. The molecule has 0 spiro atoms. The largest absolute Gasteiger partial charge is 0.357 e. The first kappa shape index (κ1) is 11.5. The van der Waals surface area contributed by atoms with Gasteiger partial charge in [-0.3, -0.25) is 4.40 Å². The monoisotopic (exact) mass is 244 g/mol. The van der Waals surface area contributed by atoms with Crippen LogP contribution in [0.3, 0.4) is 0 Å². The SMILES string of the molecule is NCCC1CCCN(c2cccc3nccn23)C1. The molecule has 0 bridgehead atoms. The van der Waals surface area contributed by atoms with Crippen LogP contribution in [0.1, 0.15) is 19.3 Å². The van der Waals surface area contributed by atoms with Gasteiger partial charge >= 0.3 is 0 Å². The fraction of sp³-hybridized carbons (Fsp3) is 0.500. The lowest BCUT2D eigenvalue weighted by atomic mass is 9.95. The van der Waals surface area contributed by atoms with Gasteiger partial charge in [0.1, 0.15) is 11.5 Å². The van der Waals surface area contributed by atoms with Crippen molar-refractivity contribution in [2.75, 3.05) is 24.5 Å². The number of rotatable bonds is 3. The van der Waals surface area contributed by atoms with Crippen molar-refractivity contribution >= 4 is 11.5 Å². The van der Waals surface area contributed by atoms with Crippen molar-refractivity contribution in [3.8, 4) is 0 Å². The second kappa shape index (κ2) is 4.98. The number of nitrogens with zero attached hydrogens (tertiary/aromatic N) is 3. The zero-order valence-corrected chi connectivity index (χ0v) is 10.6. The van der Waals surface area contributed by atoms with Crippen molar-refractivity contribution in [1.29, 1.82) is 0 Å². The molecule has 3 heterocycles. The average molecular weight is 244 g/mol. The predicted octanol–water partition coefficient (Wildman–Crippen LogP) is 1.90. The molecule has 0 aromatic carbocycles.